The summed E-state index contributed by atoms with van der Waals surface area (Å²) in [6.07, 6.45) is 0. The third-order valence-electron chi connectivity index (χ3n) is 2.06. The highest BCUT2D eigenvalue weighted by Gasteiger charge is 2.12. The molecule has 0 fully saturated rings. The van der Waals surface area contributed by atoms with E-state index in [-0.39, 0.29) is 15.2 Å². The number of carbonyl (C=O) groups excluding carboxylic acids is 1. The number of carbonyl (C=O) groups is 1. The average Bonchev–Trinajstić information content (AvgIpc) is 2.70. The lowest BCUT2D eigenvalue weighted by Gasteiger charge is -2.04. The monoisotopic (exact) mass is 269 g/mol. The molecule has 0 aliphatic carbocycles. The molecule has 5 nitrogen and oxygen atoms in total. The largest absolute Gasteiger partial charge is 0.508 e. The van der Waals surface area contributed by atoms with E-state index >= 15 is 0 Å². The van der Waals surface area contributed by atoms with E-state index in [0.717, 1.165) is 16.9 Å². The van der Waals surface area contributed by atoms with Gasteiger partial charge in [0.05, 0.1) is 0 Å². The first-order valence-corrected chi connectivity index (χ1v) is 5.85. The highest BCUT2D eigenvalue weighted by molar-refractivity contribution is 7.17. The third-order valence-corrected chi connectivity index (χ3v) is 3.08. The quantitative estimate of drug-likeness (QED) is 0.878. The van der Waals surface area contributed by atoms with Crippen molar-refractivity contribution in [3.8, 4) is 5.75 Å². The Labute approximate surface area is 106 Å². The van der Waals surface area contributed by atoms with E-state index in [2.05, 4.69) is 15.5 Å². The first kappa shape index (κ1) is 11.8. The van der Waals surface area contributed by atoms with Gasteiger partial charge in [0, 0.05) is 11.8 Å². The standard InChI is InChI=1S/C10H8ClN3O2S/c1-5-2-3-6(4-7(5)15)12-8(16)9-13-14-10(11)17-9/h2-4,15H,1H3,(H,12,16). The number of phenols is 1. The lowest BCUT2D eigenvalue weighted by molar-refractivity contribution is 0.102. The summed E-state index contributed by atoms with van der Waals surface area (Å²) in [7, 11) is 0. The van der Waals surface area contributed by atoms with Crippen molar-refractivity contribution in [1.29, 1.82) is 0 Å². The Bertz CT molecular complexity index is 570. The van der Waals surface area contributed by atoms with Gasteiger partial charge in [-0.15, -0.1) is 10.2 Å². The van der Waals surface area contributed by atoms with Gasteiger partial charge >= 0.3 is 0 Å². The second kappa shape index (κ2) is 4.68. The zero-order valence-corrected chi connectivity index (χ0v) is 10.3. The Morgan fingerprint density at radius 2 is 2.24 bits per heavy atom. The van der Waals surface area contributed by atoms with E-state index < -0.39 is 5.91 Å². The average molecular weight is 270 g/mol. The Morgan fingerprint density at radius 1 is 1.47 bits per heavy atom. The molecule has 0 atom stereocenters. The molecule has 1 heterocycles. The maximum absolute atomic E-state index is 11.7. The van der Waals surface area contributed by atoms with Gasteiger partial charge in [0.2, 0.25) is 9.47 Å². The summed E-state index contributed by atoms with van der Waals surface area (Å²) in [5, 5.41) is 19.4. The summed E-state index contributed by atoms with van der Waals surface area (Å²) in [5.41, 5.74) is 1.23. The molecule has 2 aromatic rings. The SMILES string of the molecule is Cc1ccc(NC(=O)c2nnc(Cl)s2)cc1O. The van der Waals surface area contributed by atoms with Crippen LogP contribution >= 0.6 is 22.9 Å². The minimum Gasteiger partial charge on any atom is -0.508 e. The molecular weight excluding hydrogens is 262 g/mol. The number of nitrogens with zero attached hydrogens (tertiary/aromatic N) is 2. The predicted octanol–water partition coefficient (Wildman–Crippen LogP) is 2.46. The normalized spacial score (nSPS) is 10.2. The molecule has 0 radical (unpaired) electrons. The molecule has 17 heavy (non-hydrogen) atoms. The van der Waals surface area contributed by atoms with Gasteiger partial charge in [0.25, 0.3) is 5.91 Å². The van der Waals surface area contributed by atoms with Crippen LogP contribution in [-0.4, -0.2) is 21.2 Å². The molecule has 88 valence electrons. The zero-order chi connectivity index (χ0) is 12.4. The fourth-order valence-corrected chi connectivity index (χ4v) is 1.89. The summed E-state index contributed by atoms with van der Waals surface area (Å²) in [4.78, 5) is 11.7. The van der Waals surface area contributed by atoms with E-state index in [1.807, 2.05) is 0 Å². The first-order chi connectivity index (χ1) is 8.06. The summed E-state index contributed by atoms with van der Waals surface area (Å²) in [6, 6.07) is 4.86. The van der Waals surface area contributed by atoms with Crippen LogP contribution in [-0.2, 0) is 0 Å². The number of aromatic hydroxyl groups is 1. The molecule has 1 aromatic carbocycles. The number of hydrogen-bond donors (Lipinski definition) is 2. The maximum Gasteiger partial charge on any atom is 0.286 e. The Kier molecular flexibility index (Phi) is 3.26. The van der Waals surface area contributed by atoms with Crippen molar-refractivity contribution in [2.75, 3.05) is 5.32 Å². The fourth-order valence-electron chi connectivity index (χ4n) is 1.17. The van der Waals surface area contributed by atoms with Crippen LogP contribution in [0.3, 0.4) is 0 Å². The molecule has 1 aromatic heterocycles. The van der Waals surface area contributed by atoms with Gasteiger partial charge in [0.15, 0.2) is 0 Å². The Balaban J connectivity index is 2.15. The van der Waals surface area contributed by atoms with Crippen molar-refractivity contribution in [3.63, 3.8) is 0 Å². The predicted molar refractivity (Wildman–Crippen MR) is 65.7 cm³/mol. The molecule has 0 unspecified atom stereocenters. The molecule has 0 saturated carbocycles. The van der Waals surface area contributed by atoms with Crippen molar-refractivity contribution in [1.82, 2.24) is 10.2 Å². The van der Waals surface area contributed by atoms with Crippen molar-refractivity contribution >= 4 is 34.5 Å². The highest BCUT2D eigenvalue weighted by Crippen LogP contribution is 2.22. The van der Waals surface area contributed by atoms with E-state index in [4.69, 9.17) is 11.6 Å². The van der Waals surface area contributed by atoms with Gasteiger partial charge in [-0.25, -0.2) is 0 Å². The summed E-state index contributed by atoms with van der Waals surface area (Å²) in [5.74, 6) is -0.282. The number of benzene rings is 1. The molecular formula is C10H8ClN3O2S. The lowest BCUT2D eigenvalue weighted by Crippen LogP contribution is -2.11. The number of aryl methyl sites for hydroxylation is 1. The molecule has 1 amide bonds. The van der Waals surface area contributed by atoms with Crippen LogP contribution < -0.4 is 5.32 Å². The first-order valence-electron chi connectivity index (χ1n) is 4.66. The number of hydrogen-bond acceptors (Lipinski definition) is 5. The van der Waals surface area contributed by atoms with Crippen molar-refractivity contribution < 1.29 is 9.90 Å². The van der Waals surface area contributed by atoms with Gasteiger partial charge in [0.1, 0.15) is 5.75 Å². The molecule has 0 spiro atoms. The van der Waals surface area contributed by atoms with Gasteiger partial charge in [-0.05, 0) is 30.2 Å². The van der Waals surface area contributed by atoms with Crippen LogP contribution in [0.25, 0.3) is 0 Å². The molecule has 0 saturated heterocycles. The summed E-state index contributed by atoms with van der Waals surface area (Å²) >= 11 is 6.57. The zero-order valence-electron chi connectivity index (χ0n) is 8.77. The van der Waals surface area contributed by atoms with Crippen LogP contribution in [0.1, 0.15) is 15.4 Å². The van der Waals surface area contributed by atoms with Crippen LogP contribution in [0.15, 0.2) is 18.2 Å². The molecule has 7 heteroatoms. The smallest absolute Gasteiger partial charge is 0.286 e. The summed E-state index contributed by atoms with van der Waals surface area (Å²) in [6.45, 7) is 1.77. The van der Waals surface area contributed by atoms with Crippen LogP contribution in [0.4, 0.5) is 5.69 Å². The van der Waals surface area contributed by atoms with E-state index in [0.29, 0.717) is 5.69 Å². The number of halogens is 1. The van der Waals surface area contributed by atoms with E-state index in [1.54, 1.807) is 19.1 Å². The minimum atomic E-state index is -0.405. The van der Waals surface area contributed by atoms with Gasteiger partial charge < -0.3 is 10.4 Å². The van der Waals surface area contributed by atoms with Crippen molar-refractivity contribution in [2.45, 2.75) is 6.92 Å². The number of anilines is 1. The molecule has 0 aliphatic heterocycles. The van der Waals surface area contributed by atoms with E-state index in [1.165, 1.54) is 6.07 Å². The van der Waals surface area contributed by atoms with Crippen molar-refractivity contribution in [2.24, 2.45) is 0 Å². The minimum absolute atomic E-state index is 0.123. The Morgan fingerprint density at radius 3 is 2.82 bits per heavy atom. The lowest BCUT2D eigenvalue weighted by atomic mass is 10.2. The molecule has 2 rings (SSSR count). The number of aromatic nitrogens is 2. The molecule has 0 bridgehead atoms. The van der Waals surface area contributed by atoms with E-state index in [9.17, 15) is 9.90 Å². The fraction of sp³-hybridized carbons (Fsp3) is 0.100. The van der Waals surface area contributed by atoms with Gasteiger partial charge in [-0.2, -0.15) is 0 Å². The summed E-state index contributed by atoms with van der Waals surface area (Å²) < 4.78 is 0.210. The molecule has 2 N–H and O–H groups in total. The second-order valence-electron chi connectivity index (χ2n) is 3.32. The third kappa shape index (κ3) is 2.72. The van der Waals surface area contributed by atoms with Crippen LogP contribution in [0.5, 0.6) is 5.75 Å². The van der Waals surface area contributed by atoms with Gasteiger partial charge in [-0.3, -0.25) is 4.79 Å². The molecule has 0 aliphatic rings. The van der Waals surface area contributed by atoms with Gasteiger partial charge in [-0.1, -0.05) is 17.4 Å². The second-order valence-corrected chi connectivity index (χ2v) is 4.88. The highest BCUT2D eigenvalue weighted by atomic mass is 35.5. The van der Waals surface area contributed by atoms with Crippen LogP contribution in [0.2, 0.25) is 4.47 Å². The topological polar surface area (TPSA) is 75.1 Å². The van der Waals surface area contributed by atoms with Crippen LogP contribution in [0, 0.1) is 6.92 Å². The maximum atomic E-state index is 11.7. The Hall–Kier alpha value is -1.66. The number of rotatable bonds is 2. The number of phenolic OH excluding ortho intramolecular Hbond substituents is 1. The number of nitrogens with one attached hydrogen (secondary N) is 1. The van der Waals surface area contributed by atoms with Crippen molar-refractivity contribution in [3.05, 3.63) is 33.2 Å². The number of amides is 1.